The zero-order chi connectivity index (χ0) is 19.3. The monoisotopic (exact) mass is 357 g/mol. The fourth-order valence-corrected chi connectivity index (χ4v) is 2.77. The first-order valence-corrected chi connectivity index (χ1v) is 8.86. The summed E-state index contributed by atoms with van der Waals surface area (Å²) in [4.78, 5) is 27.3. The van der Waals surface area contributed by atoms with E-state index in [9.17, 15) is 9.59 Å². The minimum Gasteiger partial charge on any atom is -0.494 e. The van der Waals surface area contributed by atoms with Gasteiger partial charge in [-0.3, -0.25) is 9.59 Å². The van der Waals surface area contributed by atoms with Crippen LogP contribution in [0.4, 0.5) is 0 Å². The standard InChI is InChI=1S/C20H27N3O3/c1-14(2)12-22(13-15(3)4)20(25)19-17(26-5)11-18(24)23(21-19)16-9-7-6-8-10-16/h6-11,14-15H,12-13H2,1-5H3. The number of amides is 1. The van der Waals surface area contributed by atoms with Crippen LogP contribution in [0.3, 0.4) is 0 Å². The van der Waals surface area contributed by atoms with E-state index in [2.05, 4.69) is 32.8 Å². The maximum atomic E-state index is 13.2. The summed E-state index contributed by atoms with van der Waals surface area (Å²) in [7, 11) is 1.44. The second-order valence-electron chi connectivity index (χ2n) is 7.14. The van der Waals surface area contributed by atoms with Crippen LogP contribution < -0.4 is 10.3 Å². The highest BCUT2D eigenvalue weighted by molar-refractivity contribution is 5.94. The van der Waals surface area contributed by atoms with Crippen molar-refractivity contribution in [2.75, 3.05) is 20.2 Å². The quantitative estimate of drug-likeness (QED) is 0.764. The van der Waals surface area contributed by atoms with Crippen LogP contribution in [0.25, 0.3) is 5.69 Å². The van der Waals surface area contributed by atoms with E-state index in [1.165, 1.54) is 17.9 Å². The minimum atomic E-state index is -0.344. The highest BCUT2D eigenvalue weighted by atomic mass is 16.5. The van der Waals surface area contributed by atoms with Crippen molar-refractivity contribution in [2.24, 2.45) is 11.8 Å². The number of carbonyl (C=O) groups is 1. The van der Waals surface area contributed by atoms with Crippen molar-refractivity contribution in [2.45, 2.75) is 27.7 Å². The third kappa shape index (κ3) is 4.71. The number of para-hydroxylation sites is 1. The number of hydrogen-bond acceptors (Lipinski definition) is 4. The third-order valence-corrected chi connectivity index (χ3v) is 3.78. The Labute approximate surface area is 154 Å². The van der Waals surface area contributed by atoms with Gasteiger partial charge in [0.05, 0.1) is 18.9 Å². The molecule has 0 atom stereocenters. The number of ether oxygens (including phenoxy) is 1. The largest absolute Gasteiger partial charge is 0.494 e. The Bertz CT molecular complexity index is 788. The summed E-state index contributed by atoms with van der Waals surface area (Å²) in [6, 6.07) is 10.4. The van der Waals surface area contributed by atoms with Gasteiger partial charge in [0, 0.05) is 13.1 Å². The Morgan fingerprint density at radius 3 is 2.19 bits per heavy atom. The summed E-state index contributed by atoms with van der Waals surface area (Å²) >= 11 is 0. The molecule has 0 unspecified atom stereocenters. The SMILES string of the molecule is COc1cc(=O)n(-c2ccccc2)nc1C(=O)N(CC(C)C)CC(C)C. The molecule has 2 aromatic rings. The van der Waals surface area contributed by atoms with Crippen LogP contribution in [0.15, 0.2) is 41.2 Å². The molecule has 6 nitrogen and oxygen atoms in total. The van der Waals surface area contributed by atoms with Crippen LogP contribution in [0, 0.1) is 11.8 Å². The first-order valence-electron chi connectivity index (χ1n) is 8.86. The van der Waals surface area contributed by atoms with Gasteiger partial charge in [-0.2, -0.15) is 9.78 Å². The van der Waals surface area contributed by atoms with Gasteiger partial charge >= 0.3 is 0 Å². The lowest BCUT2D eigenvalue weighted by Gasteiger charge is -2.26. The van der Waals surface area contributed by atoms with Crippen molar-refractivity contribution < 1.29 is 9.53 Å². The number of hydrogen-bond donors (Lipinski definition) is 0. The summed E-state index contributed by atoms with van der Waals surface area (Å²) in [6.45, 7) is 9.50. The molecule has 0 N–H and O–H groups in total. The van der Waals surface area contributed by atoms with Crippen molar-refractivity contribution in [1.82, 2.24) is 14.7 Å². The second-order valence-corrected chi connectivity index (χ2v) is 7.14. The van der Waals surface area contributed by atoms with Gasteiger partial charge in [-0.25, -0.2) is 0 Å². The lowest BCUT2D eigenvalue weighted by molar-refractivity contribution is 0.0703. The summed E-state index contributed by atoms with van der Waals surface area (Å²) in [5.74, 6) is 0.617. The molecule has 0 bridgehead atoms. The van der Waals surface area contributed by atoms with E-state index in [0.717, 1.165) is 0 Å². The van der Waals surface area contributed by atoms with Crippen LogP contribution in [0.1, 0.15) is 38.2 Å². The molecule has 2 rings (SSSR count). The zero-order valence-corrected chi connectivity index (χ0v) is 16.1. The van der Waals surface area contributed by atoms with Gasteiger partial charge in [-0.15, -0.1) is 0 Å². The maximum Gasteiger partial charge on any atom is 0.278 e. The summed E-state index contributed by atoms with van der Waals surface area (Å²) < 4.78 is 6.51. The predicted octanol–water partition coefficient (Wildman–Crippen LogP) is 3.00. The Hall–Kier alpha value is -2.63. The Morgan fingerprint density at radius 2 is 1.69 bits per heavy atom. The highest BCUT2D eigenvalue weighted by Gasteiger charge is 2.24. The minimum absolute atomic E-state index is 0.150. The molecule has 0 radical (unpaired) electrons. The molecule has 0 spiro atoms. The fourth-order valence-electron chi connectivity index (χ4n) is 2.77. The second kappa shape index (κ2) is 8.65. The lowest BCUT2D eigenvalue weighted by atomic mass is 10.1. The number of nitrogens with zero attached hydrogens (tertiary/aromatic N) is 3. The molecule has 0 saturated heterocycles. The molecule has 1 aromatic heterocycles. The van der Waals surface area contributed by atoms with Crippen molar-refractivity contribution >= 4 is 5.91 Å². The molecule has 26 heavy (non-hydrogen) atoms. The Balaban J connectivity index is 2.51. The van der Waals surface area contributed by atoms with E-state index in [1.807, 2.05) is 18.2 Å². The first-order chi connectivity index (χ1) is 12.3. The number of carbonyl (C=O) groups excluding carboxylic acids is 1. The molecular weight excluding hydrogens is 330 g/mol. The van der Waals surface area contributed by atoms with Crippen molar-refractivity contribution in [1.29, 1.82) is 0 Å². The van der Waals surface area contributed by atoms with E-state index >= 15 is 0 Å². The molecule has 0 aliphatic heterocycles. The zero-order valence-electron chi connectivity index (χ0n) is 16.1. The van der Waals surface area contributed by atoms with Crippen molar-refractivity contribution in [3.8, 4) is 11.4 Å². The number of rotatable bonds is 7. The molecule has 140 valence electrons. The molecule has 1 heterocycles. The average Bonchev–Trinajstić information content (AvgIpc) is 2.60. The number of benzene rings is 1. The maximum absolute atomic E-state index is 13.2. The molecule has 0 aliphatic rings. The van der Waals surface area contributed by atoms with E-state index in [4.69, 9.17) is 4.74 Å². The van der Waals surface area contributed by atoms with E-state index in [0.29, 0.717) is 30.6 Å². The molecule has 0 aliphatic carbocycles. The summed E-state index contributed by atoms with van der Waals surface area (Å²) in [6.07, 6.45) is 0. The Kier molecular flexibility index (Phi) is 6.55. The van der Waals surface area contributed by atoms with Crippen LogP contribution in [0.5, 0.6) is 5.75 Å². The fraction of sp³-hybridized carbons (Fsp3) is 0.450. The number of aromatic nitrogens is 2. The third-order valence-electron chi connectivity index (χ3n) is 3.78. The van der Waals surface area contributed by atoms with Crippen LogP contribution in [-0.4, -0.2) is 40.8 Å². The smallest absolute Gasteiger partial charge is 0.278 e. The van der Waals surface area contributed by atoms with E-state index in [1.54, 1.807) is 17.0 Å². The van der Waals surface area contributed by atoms with Crippen LogP contribution in [-0.2, 0) is 0 Å². The molecule has 1 aromatic carbocycles. The Morgan fingerprint density at radius 1 is 1.12 bits per heavy atom. The topological polar surface area (TPSA) is 64.4 Å². The van der Waals surface area contributed by atoms with Gasteiger partial charge in [-0.1, -0.05) is 45.9 Å². The van der Waals surface area contributed by atoms with Gasteiger partial charge in [-0.05, 0) is 24.0 Å². The van der Waals surface area contributed by atoms with E-state index in [-0.39, 0.29) is 22.9 Å². The average molecular weight is 357 g/mol. The molecule has 6 heteroatoms. The molecule has 1 amide bonds. The van der Waals surface area contributed by atoms with Gasteiger partial charge in [0.1, 0.15) is 0 Å². The van der Waals surface area contributed by atoms with Gasteiger partial charge in [0.25, 0.3) is 11.5 Å². The van der Waals surface area contributed by atoms with Crippen LogP contribution >= 0.6 is 0 Å². The normalized spacial score (nSPS) is 11.0. The van der Waals surface area contributed by atoms with Crippen molar-refractivity contribution in [3.05, 3.63) is 52.4 Å². The van der Waals surface area contributed by atoms with Crippen LogP contribution in [0.2, 0.25) is 0 Å². The summed E-state index contributed by atoms with van der Waals surface area (Å²) in [5, 5.41) is 4.34. The van der Waals surface area contributed by atoms with Gasteiger partial charge < -0.3 is 9.64 Å². The molecule has 0 saturated carbocycles. The van der Waals surface area contributed by atoms with E-state index < -0.39 is 0 Å². The number of methoxy groups -OCH3 is 1. The molecule has 0 fully saturated rings. The highest BCUT2D eigenvalue weighted by Crippen LogP contribution is 2.18. The van der Waals surface area contributed by atoms with Crippen molar-refractivity contribution in [3.63, 3.8) is 0 Å². The first kappa shape index (κ1) is 19.7. The van der Waals surface area contributed by atoms with Gasteiger partial charge in [0.15, 0.2) is 11.4 Å². The molecular formula is C20H27N3O3. The predicted molar refractivity (Wildman–Crippen MR) is 102 cm³/mol. The lowest BCUT2D eigenvalue weighted by Crippen LogP contribution is -2.38. The van der Waals surface area contributed by atoms with Gasteiger partial charge in [0.2, 0.25) is 0 Å². The summed E-state index contributed by atoms with van der Waals surface area (Å²) in [5.41, 5.74) is 0.412.